The summed E-state index contributed by atoms with van der Waals surface area (Å²) >= 11 is 0. The maximum absolute atomic E-state index is 11.0. The Bertz CT molecular complexity index is 3640. The number of para-hydroxylation sites is 4. The molecular formula is C52H32N6. The number of hydrogen-bond donors (Lipinski definition) is 0. The van der Waals surface area contributed by atoms with E-state index in [2.05, 4.69) is 172 Å². The number of hydrogen-bond acceptors (Lipinski definition) is 2. The van der Waals surface area contributed by atoms with E-state index < -0.39 is 0 Å². The van der Waals surface area contributed by atoms with Gasteiger partial charge in [0.05, 0.1) is 67.7 Å². The van der Waals surface area contributed by atoms with E-state index in [1.54, 1.807) is 0 Å². The highest BCUT2D eigenvalue weighted by Crippen LogP contribution is 2.46. The van der Waals surface area contributed by atoms with Crippen LogP contribution in [0.25, 0.3) is 110 Å². The molecular weight excluding hydrogens is 709 g/mol. The molecule has 0 aliphatic carbocycles. The van der Waals surface area contributed by atoms with Crippen molar-refractivity contribution in [2.75, 3.05) is 0 Å². The molecule has 0 radical (unpaired) electrons. The van der Waals surface area contributed by atoms with Crippen LogP contribution in [0.2, 0.25) is 0 Å². The largest absolute Gasteiger partial charge is 0.342 e. The Kier molecular flexibility index (Phi) is 6.51. The van der Waals surface area contributed by atoms with Crippen molar-refractivity contribution in [3.8, 4) is 34.6 Å². The third kappa shape index (κ3) is 4.13. The smallest absolute Gasteiger partial charge is 0.0993 e. The van der Waals surface area contributed by atoms with Gasteiger partial charge in [0, 0.05) is 73.8 Å². The summed E-state index contributed by atoms with van der Waals surface area (Å²) in [6.45, 7) is 0. The zero-order valence-electron chi connectivity index (χ0n) is 31.7. The summed E-state index contributed by atoms with van der Waals surface area (Å²) in [6, 6.07) is 60.2. The van der Waals surface area contributed by atoms with Gasteiger partial charge in [0.1, 0.15) is 0 Å². The first kappa shape index (κ1) is 32.2. The Labute approximate surface area is 332 Å². The zero-order chi connectivity index (χ0) is 38.8. The van der Waals surface area contributed by atoms with Crippen LogP contribution in [0.5, 0.6) is 0 Å². The number of benzene rings is 8. The lowest BCUT2D eigenvalue weighted by Gasteiger charge is -2.21. The lowest BCUT2D eigenvalue weighted by Crippen LogP contribution is -2.06. The second-order valence-corrected chi connectivity index (χ2v) is 15.3. The van der Waals surface area contributed by atoms with Gasteiger partial charge in [0.2, 0.25) is 0 Å². The number of aryl methyl sites for hydroxylation is 2. The van der Waals surface area contributed by atoms with Crippen LogP contribution < -0.4 is 0 Å². The predicted octanol–water partition coefficient (Wildman–Crippen LogP) is 12.6. The van der Waals surface area contributed by atoms with Gasteiger partial charge in [-0.05, 0) is 54.1 Å². The third-order valence-electron chi connectivity index (χ3n) is 12.4. The maximum Gasteiger partial charge on any atom is 0.0993 e. The molecule has 0 amide bonds. The highest BCUT2D eigenvalue weighted by Gasteiger charge is 2.26. The van der Waals surface area contributed by atoms with E-state index in [4.69, 9.17) is 0 Å². The lowest BCUT2D eigenvalue weighted by atomic mass is 9.96. The van der Waals surface area contributed by atoms with E-state index in [-0.39, 0.29) is 0 Å². The van der Waals surface area contributed by atoms with Crippen LogP contribution in [0, 0.1) is 22.7 Å². The van der Waals surface area contributed by atoms with Gasteiger partial charge in [-0.3, -0.25) is 0 Å². The summed E-state index contributed by atoms with van der Waals surface area (Å²) in [5.74, 6) is 0. The van der Waals surface area contributed by atoms with Crippen molar-refractivity contribution in [3.63, 3.8) is 0 Å². The molecule has 0 bridgehead atoms. The van der Waals surface area contributed by atoms with Crippen LogP contribution in [0.4, 0.5) is 0 Å². The Morgan fingerprint density at radius 1 is 0.362 bits per heavy atom. The quantitative estimate of drug-likeness (QED) is 0.181. The normalized spacial score (nSPS) is 11.9. The van der Waals surface area contributed by atoms with Gasteiger partial charge >= 0.3 is 0 Å². The summed E-state index contributed by atoms with van der Waals surface area (Å²) in [5, 5.41) is 30.5. The average molecular weight is 741 g/mol. The molecule has 0 fully saturated rings. The van der Waals surface area contributed by atoms with Crippen molar-refractivity contribution in [2.45, 2.75) is 0 Å². The molecule has 0 aliphatic heterocycles. The summed E-state index contributed by atoms with van der Waals surface area (Å²) in [5.41, 5.74) is 13.4. The molecule has 0 atom stereocenters. The van der Waals surface area contributed by atoms with E-state index in [9.17, 15) is 10.5 Å². The minimum Gasteiger partial charge on any atom is -0.342 e. The number of aromatic nitrogens is 4. The molecule has 4 heterocycles. The minimum atomic E-state index is 0.537. The van der Waals surface area contributed by atoms with Gasteiger partial charge in [-0.15, -0.1) is 0 Å². The topological polar surface area (TPSA) is 67.3 Å². The van der Waals surface area contributed by atoms with Gasteiger partial charge in [-0.1, -0.05) is 109 Å². The number of nitrogens with zero attached hydrogens (tertiary/aromatic N) is 6. The van der Waals surface area contributed by atoms with Gasteiger partial charge in [0.25, 0.3) is 0 Å². The SMILES string of the molecule is Cn1c2ccccc2c2ccc3c4ccccc4n(-c4cc(C#N)cc(-n5c6ccccc6c6ccc7c8ccccc8n(C)c7c65)c4-c4cccc(C#N)c4)c3c21. The van der Waals surface area contributed by atoms with E-state index in [1.807, 2.05) is 30.3 Å². The highest BCUT2D eigenvalue weighted by molar-refractivity contribution is 6.25. The molecule has 0 saturated carbocycles. The van der Waals surface area contributed by atoms with Gasteiger partial charge in [-0.2, -0.15) is 10.5 Å². The van der Waals surface area contributed by atoms with Crippen molar-refractivity contribution in [3.05, 3.63) is 169 Å². The lowest BCUT2D eigenvalue weighted by molar-refractivity contribution is 1.01. The van der Waals surface area contributed by atoms with Crippen molar-refractivity contribution in [1.29, 1.82) is 10.5 Å². The van der Waals surface area contributed by atoms with Gasteiger partial charge < -0.3 is 18.3 Å². The highest BCUT2D eigenvalue weighted by atomic mass is 15.1. The van der Waals surface area contributed by atoms with Crippen molar-refractivity contribution in [2.24, 2.45) is 14.1 Å². The van der Waals surface area contributed by atoms with Crippen LogP contribution in [0.1, 0.15) is 11.1 Å². The van der Waals surface area contributed by atoms with Crippen molar-refractivity contribution in [1.82, 2.24) is 18.3 Å². The first-order chi connectivity index (χ1) is 28.6. The van der Waals surface area contributed by atoms with E-state index in [1.165, 1.54) is 21.5 Å². The molecule has 12 rings (SSSR count). The molecule has 4 aromatic heterocycles. The summed E-state index contributed by atoms with van der Waals surface area (Å²) < 4.78 is 9.34. The van der Waals surface area contributed by atoms with Crippen LogP contribution in [-0.4, -0.2) is 18.3 Å². The fraction of sp³-hybridized carbons (Fsp3) is 0.0385. The standard InChI is InChI=1S/C52H32N6/c1-55-42-18-7-3-14-34(42)38-22-24-40-36-16-5-9-20-44(36)57(51(40)49(38)55)46-27-32(30-54)28-47(48(46)33-13-11-12-31(26-33)29-53)58-45-21-10-6-17-37(45)41-25-23-39-35-15-4-8-19-43(35)56(2)50(39)52(41)58/h3-28H,1-2H3. The molecule has 0 aliphatic rings. The van der Waals surface area contributed by atoms with Gasteiger partial charge in [-0.25, -0.2) is 0 Å². The third-order valence-corrected chi connectivity index (χ3v) is 12.4. The molecule has 12 aromatic rings. The number of fused-ring (bicyclic) bond motifs is 14. The second kappa shape index (κ2) is 11.7. The molecule has 6 nitrogen and oxygen atoms in total. The van der Waals surface area contributed by atoms with Crippen LogP contribution >= 0.6 is 0 Å². The monoisotopic (exact) mass is 740 g/mol. The molecule has 0 N–H and O–H groups in total. The number of rotatable bonds is 3. The first-order valence-electron chi connectivity index (χ1n) is 19.4. The van der Waals surface area contributed by atoms with Crippen molar-refractivity contribution >= 4 is 87.2 Å². The van der Waals surface area contributed by atoms with Crippen LogP contribution in [0.3, 0.4) is 0 Å². The Hall–Kier alpha value is -8.06. The predicted molar refractivity (Wildman–Crippen MR) is 238 cm³/mol. The number of nitriles is 2. The minimum absolute atomic E-state index is 0.537. The van der Waals surface area contributed by atoms with Gasteiger partial charge in [0.15, 0.2) is 0 Å². The molecule has 270 valence electrons. The first-order valence-corrected chi connectivity index (χ1v) is 19.4. The van der Waals surface area contributed by atoms with Crippen LogP contribution in [-0.2, 0) is 14.1 Å². The van der Waals surface area contributed by atoms with E-state index in [0.29, 0.717) is 11.1 Å². The molecule has 0 unspecified atom stereocenters. The van der Waals surface area contributed by atoms with Crippen molar-refractivity contribution < 1.29 is 0 Å². The molecule has 0 saturated heterocycles. The molecule has 6 heteroatoms. The van der Waals surface area contributed by atoms with Crippen LogP contribution in [0.15, 0.2) is 158 Å². The Balaban J connectivity index is 1.34. The zero-order valence-corrected chi connectivity index (χ0v) is 31.7. The molecule has 0 spiro atoms. The molecule has 58 heavy (non-hydrogen) atoms. The fourth-order valence-corrected chi connectivity index (χ4v) is 9.99. The summed E-state index contributed by atoms with van der Waals surface area (Å²) in [6.07, 6.45) is 0. The average Bonchev–Trinajstić information content (AvgIpc) is 3.98. The second-order valence-electron chi connectivity index (χ2n) is 15.3. The maximum atomic E-state index is 11.0. The van der Waals surface area contributed by atoms with E-state index >= 15 is 0 Å². The van der Waals surface area contributed by atoms with E-state index in [0.717, 1.165) is 88.2 Å². The Morgan fingerprint density at radius 2 is 0.759 bits per heavy atom. The Morgan fingerprint density at radius 3 is 1.21 bits per heavy atom. The fourth-order valence-electron chi connectivity index (χ4n) is 9.99. The summed E-state index contributed by atoms with van der Waals surface area (Å²) in [4.78, 5) is 0. The summed E-state index contributed by atoms with van der Waals surface area (Å²) in [7, 11) is 4.29. The molecule has 8 aromatic carbocycles.